The van der Waals surface area contributed by atoms with Gasteiger partial charge in [0.1, 0.15) is 11.5 Å². The quantitative estimate of drug-likeness (QED) is 0.581. The van der Waals surface area contributed by atoms with Gasteiger partial charge in [-0.25, -0.2) is 0 Å². The summed E-state index contributed by atoms with van der Waals surface area (Å²) in [5, 5.41) is 10.8. The highest BCUT2D eigenvalue weighted by Gasteiger charge is 2.24. The van der Waals surface area contributed by atoms with Crippen molar-refractivity contribution in [1.82, 2.24) is 4.90 Å². The van der Waals surface area contributed by atoms with Gasteiger partial charge in [-0.05, 0) is 31.2 Å². The Kier molecular flexibility index (Phi) is 5.67. The zero-order valence-electron chi connectivity index (χ0n) is 16.2. The second-order valence-electron chi connectivity index (χ2n) is 6.56. The highest BCUT2D eigenvalue weighted by molar-refractivity contribution is 5.95. The predicted octanol–water partition coefficient (Wildman–Crippen LogP) is 2.88. The van der Waals surface area contributed by atoms with Crippen molar-refractivity contribution in [3.05, 3.63) is 57.6 Å². The number of piperazine rings is 1. The van der Waals surface area contributed by atoms with Gasteiger partial charge in [-0.3, -0.25) is 14.9 Å². The summed E-state index contributed by atoms with van der Waals surface area (Å²) in [5.74, 6) is 1.17. The van der Waals surface area contributed by atoms with E-state index in [1.54, 1.807) is 43.4 Å². The number of nitro benzene ring substituents is 1. The molecule has 0 aliphatic carbocycles. The molecule has 1 heterocycles. The van der Waals surface area contributed by atoms with Gasteiger partial charge < -0.3 is 19.3 Å². The first-order valence-corrected chi connectivity index (χ1v) is 8.96. The van der Waals surface area contributed by atoms with Crippen molar-refractivity contribution >= 4 is 17.3 Å². The average Bonchev–Trinajstić information content (AvgIpc) is 2.73. The number of carbonyl (C=O) groups is 1. The molecule has 148 valence electrons. The van der Waals surface area contributed by atoms with E-state index in [0.717, 1.165) is 11.3 Å². The standard InChI is InChI=1S/C20H23N3O5/c1-14-18(27-2)12-15(13-19(14)28-3)20(24)22-10-8-21(9-11-22)16-4-6-17(7-5-16)23(25)26/h4-7,12-13H,8-11H2,1-3H3. The molecule has 0 radical (unpaired) electrons. The fourth-order valence-corrected chi connectivity index (χ4v) is 3.35. The smallest absolute Gasteiger partial charge is 0.269 e. The van der Waals surface area contributed by atoms with Crippen molar-refractivity contribution in [3.8, 4) is 11.5 Å². The van der Waals surface area contributed by atoms with E-state index in [1.807, 2.05) is 6.92 Å². The van der Waals surface area contributed by atoms with Gasteiger partial charge in [0.15, 0.2) is 0 Å². The fourth-order valence-electron chi connectivity index (χ4n) is 3.35. The van der Waals surface area contributed by atoms with Crippen LogP contribution in [-0.2, 0) is 0 Å². The Labute approximate surface area is 163 Å². The van der Waals surface area contributed by atoms with Gasteiger partial charge in [-0.15, -0.1) is 0 Å². The molecule has 0 aromatic heterocycles. The number of carbonyl (C=O) groups excluding carboxylic acids is 1. The van der Waals surface area contributed by atoms with Crippen LogP contribution in [0.15, 0.2) is 36.4 Å². The molecule has 0 atom stereocenters. The number of rotatable bonds is 5. The molecule has 1 fully saturated rings. The van der Waals surface area contributed by atoms with Crippen molar-refractivity contribution < 1.29 is 19.2 Å². The third kappa shape index (κ3) is 3.85. The van der Waals surface area contributed by atoms with Crippen LogP contribution in [-0.4, -0.2) is 56.1 Å². The summed E-state index contributed by atoms with van der Waals surface area (Å²) in [6.07, 6.45) is 0. The summed E-state index contributed by atoms with van der Waals surface area (Å²) < 4.78 is 10.7. The minimum absolute atomic E-state index is 0.0693. The number of non-ortho nitro benzene ring substituents is 1. The Morgan fingerprint density at radius 3 is 2.00 bits per heavy atom. The van der Waals surface area contributed by atoms with Crippen LogP contribution in [0.25, 0.3) is 0 Å². The molecule has 0 bridgehead atoms. The first-order valence-electron chi connectivity index (χ1n) is 8.96. The van der Waals surface area contributed by atoms with Gasteiger partial charge in [-0.1, -0.05) is 0 Å². The monoisotopic (exact) mass is 385 g/mol. The predicted molar refractivity (Wildman–Crippen MR) is 105 cm³/mol. The van der Waals surface area contributed by atoms with Gasteiger partial charge in [0.25, 0.3) is 11.6 Å². The molecule has 28 heavy (non-hydrogen) atoms. The minimum atomic E-state index is -0.412. The van der Waals surface area contributed by atoms with Crippen LogP contribution in [0.1, 0.15) is 15.9 Å². The maximum Gasteiger partial charge on any atom is 0.269 e. The third-order valence-corrected chi connectivity index (χ3v) is 4.99. The average molecular weight is 385 g/mol. The molecule has 2 aromatic rings. The highest BCUT2D eigenvalue weighted by Crippen LogP contribution is 2.30. The molecule has 3 rings (SSSR count). The zero-order valence-corrected chi connectivity index (χ0v) is 16.2. The molecule has 0 spiro atoms. The number of methoxy groups -OCH3 is 2. The molecule has 0 N–H and O–H groups in total. The molecule has 1 aliphatic heterocycles. The van der Waals surface area contributed by atoms with Gasteiger partial charge in [0.2, 0.25) is 0 Å². The molecule has 0 unspecified atom stereocenters. The summed E-state index contributed by atoms with van der Waals surface area (Å²) >= 11 is 0. The second kappa shape index (κ2) is 8.16. The maximum atomic E-state index is 12.9. The number of ether oxygens (including phenoxy) is 2. The minimum Gasteiger partial charge on any atom is -0.496 e. The number of amides is 1. The van der Waals surface area contributed by atoms with E-state index in [-0.39, 0.29) is 11.6 Å². The summed E-state index contributed by atoms with van der Waals surface area (Å²) in [6, 6.07) is 9.96. The molecular weight excluding hydrogens is 362 g/mol. The van der Waals surface area contributed by atoms with Crippen molar-refractivity contribution in [3.63, 3.8) is 0 Å². The highest BCUT2D eigenvalue weighted by atomic mass is 16.6. The first-order chi connectivity index (χ1) is 13.4. The summed E-state index contributed by atoms with van der Waals surface area (Å²) in [6.45, 7) is 4.32. The summed E-state index contributed by atoms with van der Waals surface area (Å²) in [4.78, 5) is 27.2. The lowest BCUT2D eigenvalue weighted by Gasteiger charge is -2.36. The number of hydrogen-bond donors (Lipinski definition) is 0. The Hall–Kier alpha value is -3.29. The third-order valence-electron chi connectivity index (χ3n) is 4.99. The van der Waals surface area contributed by atoms with Gasteiger partial charge >= 0.3 is 0 Å². The molecule has 1 aliphatic rings. The fraction of sp³-hybridized carbons (Fsp3) is 0.350. The number of hydrogen-bond acceptors (Lipinski definition) is 6. The maximum absolute atomic E-state index is 12.9. The van der Waals surface area contributed by atoms with E-state index in [9.17, 15) is 14.9 Å². The molecule has 8 nitrogen and oxygen atoms in total. The number of nitrogens with zero attached hydrogens (tertiary/aromatic N) is 3. The molecule has 1 saturated heterocycles. The van der Waals surface area contributed by atoms with Crippen LogP contribution in [0, 0.1) is 17.0 Å². The number of benzene rings is 2. The molecule has 2 aromatic carbocycles. The van der Waals surface area contributed by atoms with Crippen molar-refractivity contribution in [2.75, 3.05) is 45.3 Å². The Balaban J connectivity index is 1.69. The lowest BCUT2D eigenvalue weighted by molar-refractivity contribution is -0.384. The van der Waals surface area contributed by atoms with Crippen LogP contribution in [0.2, 0.25) is 0 Å². The van der Waals surface area contributed by atoms with Crippen molar-refractivity contribution in [2.24, 2.45) is 0 Å². The van der Waals surface area contributed by atoms with Crippen LogP contribution in [0.3, 0.4) is 0 Å². The van der Waals surface area contributed by atoms with E-state index in [0.29, 0.717) is 43.2 Å². The number of nitro groups is 1. The van der Waals surface area contributed by atoms with Gasteiger partial charge in [0, 0.05) is 55.1 Å². The lowest BCUT2D eigenvalue weighted by atomic mass is 10.1. The topological polar surface area (TPSA) is 85.2 Å². The number of anilines is 1. The normalized spacial score (nSPS) is 14.0. The first kappa shape index (κ1) is 19.5. The van der Waals surface area contributed by atoms with Gasteiger partial charge in [-0.2, -0.15) is 0 Å². The van der Waals surface area contributed by atoms with Crippen molar-refractivity contribution in [2.45, 2.75) is 6.92 Å². The largest absolute Gasteiger partial charge is 0.496 e. The van der Waals surface area contributed by atoms with Crippen LogP contribution in [0.5, 0.6) is 11.5 Å². The Morgan fingerprint density at radius 2 is 1.54 bits per heavy atom. The van der Waals surface area contributed by atoms with Crippen LogP contribution in [0.4, 0.5) is 11.4 Å². The Bertz CT molecular complexity index is 849. The van der Waals surface area contributed by atoms with Crippen LogP contribution >= 0.6 is 0 Å². The van der Waals surface area contributed by atoms with E-state index in [4.69, 9.17) is 9.47 Å². The van der Waals surface area contributed by atoms with Crippen molar-refractivity contribution in [1.29, 1.82) is 0 Å². The second-order valence-corrected chi connectivity index (χ2v) is 6.56. The van der Waals surface area contributed by atoms with Gasteiger partial charge in [0.05, 0.1) is 19.1 Å². The van der Waals surface area contributed by atoms with E-state index in [2.05, 4.69) is 4.90 Å². The Morgan fingerprint density at radius 1 is 1.00 bits per heavy atom. The molecule has 1 amide bonds. The zero-order chi connectivity index (χ0) is 20.3. The summed E-state index contributed by atoms with van der Waals surface area (Å²) in [5.41, 5.74) is 2.36. The lowest BCUT2D eigenvalue weighted by Crippen LogP contribution is -2.48. The summed E-state index contributed by atoms with van der Waals surface area (Å²) in [7, 11) is 3.14. The van der Waals surface area contributed by atoms with E-state index in [1.165, 1.54) is 12.1 Å². The molecule has 8 heteroatoms. The molecule has 0 saturated carbocycles. The molecular formula is C20H23N3O5. The SMILES string of the molecule is COc1cc(C(=O)N2CCN(c3ccc([N+](=O)[O-])cc3)CC2)cc(OC)c1C. The van der Waals surface area contributed by atoms with E-state index < -0.39 is 4.92 Å². The van der Waals surface area contributed by atoms with E-state index >= 15 is 0 Å². The van der Waals surface area contributed by atoms with Crippen LogP contribution < -0.4 is 14.4 Å².